The Bertz CT molecular complexity index is 83.1. The van der Waals surface area contributed by atoms with Gasteiger partial charge in [-0.1, -0.05) is 18.5 Å². The van der Waals surface area contributed by atoms with Crippen LogP contribution in [0.3, 0.4) is 0 Å². The fraction of sp³-hybridized carbons (Fsp3) is 0.667. The molecule has 0 aliphatic carbocycles. The fourth-order valence-electron chi connectivity index (χ4n) is 0.429. The summed E-state index contributed by atoms with van der Waals surface area (Å²) in [5.41, 5.74) is 1.03. The predicted octanol–water partition coefficient (Wildman–Crippen LogP) is 0.977. The fourth-order valence-corrected chi connectivity index (χ4v) is 0.735. The summed E-state index contributed by atoms with van der Waals surface area (Å²) in [6, 6.07) is 0. The van der Waals surface area contributed by atoms with Gasteiger partial charge in [-0.15, -0.1) is 0 Å². The van der Waals surface area contributed by atoms with E-state index in [2.05, 4.69) is 16.6 Å². The van der Waals surface area contributed by atoms with Gasteiger partial charge in [0.25, 0.3) is 0 Å². The summed E-state index contributed by atoms with van der Waals surface area (Å²) in [4.78, 5) is 0. The first kappa shape index (κ1) is 8.85. The maximum absolute atomic E-state index is 3.71. The van der Waals surface area contributed by atoms with Crippen LogP contribution in [0, 0.1) is 0 Å². The van der Waals surface area contributed by atoms with E-state index in [-0.39, 0.29) is 0 Å². The molecule has 0 fully saturated rings. The minimum atomic E-state index is 0.955. The molecule has 0 radical (unpaired) electrons. The number of hydrogen-bond donors (Lipinski definition) is 2. The van der Waals surface area contributed by atoms with Gasteiger partial charge in [-0.25, -0.2) is 0 Å². The molecule has 9 heavy (non-hydrogen) atoms. The van der Waals surface area contributed by atoms with Crippen molar-refractivity contribution in [1.29, 1.82) is 0 Å². The first-order valence-corrected chi connectivity index (χ1v) is 4.15. The van der Waals surface area contributed by atoms with Crippen molar-refractivity contribution in [3.8, 4) is 0 Å². The van der Waals surface area contributed by atoms with Crippen LogP contribution in [-0.2, 0) is 0 Å². The molecule has 3 heteroatoms. The lowest BCUT2D eigenvalue weighted by Gasteiger charge is -2.03. The largest absolute Gasteiger partial charge is 0.388 e. The van der Waals surface area contributed by atoms with Crippen molar-refractivity contribution in [2.75, 3.05) is 19.3 Å². The van der Waals surface area contributed by atoms with Crippen LogP contribution in [0.4, 0.5) is 0 Å². The van der Waals surface area contributed by atoms with Crippen molar-refractivity contribution in [2.24, 2.45) is 0 Å². The number of nitrogens with one attached hydrogen (secondary N) is 2. The Hall–Kier alpha value is -0.150. The molecule has 0 aromatic carbocycles. The second kappa shape index (κ2) is 5.98. The normalized spacial score (nSPS) is 9.11. The van der Waals surface area contributed by atoms with Gasteiger partial charge in [-0.3, -0.25) is 4.72 Å². The standard InChI is InChI=1S/C6H14N2S/c1-6(2)7-4-5-8-9-3/h7-8H,1,4-5H2,2-3H3. The van der Waals surface area contributed by atoms with Gasteiger partial charge in [0.2, 0.25) is 0 Å². The SMILES string of the molecule is C=C(C)NCCNSC. The molecular formula is C6H14N2S. The Balaban J connectivity index is 2.83. The van der Waals surface area contributed by atoms with Crippen LogP contribution in [0.25, 0.3) is 0 Å². The maximum atomic E-state index is 3.71. The van der Waals surface area contributed by atoms with Gasteiger partial charge in [0.1, 0.15) is 0 Å². The Morgan fingerprint density at radius 2 is 2.22 bits per heavy atom. The summed E-state index contributed by atoms with van der Waals surface area (Å²) in [6.07, 6.45) is 2.01. The zero-order valence-electron chi connectivity index (χ0n) is 6.03. The van der Waals surface area contributed by atoms with Crippen molar-refractivity contribution in [1.82, 2.24) is 10.0 Å². The Labute approximate surface area is 61.2 Å². The van der Waals surface area contributed by atoms with E-state index in [0.717, 1.165) is 18.8 Å². The maximum Gasteiger partial charge on any atom is 0.0278 e. The van der Waals surface area contributed by atoms with E-state index in [0.29, 0.717) is 0 Å². The van der Waals surface area contributed by atoms with Gasteiger partial charge in [-0.2, -0.15) is 0 Å². The van der Waals surface area contributed by atoms with Crippen molar-refractivity contribution in [2.45, 2.75) is 6.92 Å². The molecule has 0 aromatic heterocycles. The van der Waals surface area contributed by atoms with Crippen LogP contribution in [-0.4, -0.2) is 19.3 Å². The molecule has 0 spiro atoms. The Morgan fingerprint density at radius 3 is 2.67 bits per heavy atom. The smallest absolute Gasteiger partial charge is 0.0278 e. The molecule has 0 rings (SSSR count). The van der Waals surface area contributed by atoms with Gasteiger partial charge in [0.15, 0.2) is 0 Å². The first-order valence-electron chi connectivity index (χ1n) is 2.92. The zero-order valence-corrected chi connectivity index (χ0v) is 6.85. The summed E-state index contributed by atoms with van der Waals surface area (Å²) in [5, 5.41) is 3.11. The minimum Gasteiger partial charge on any atom is -0.388 e. The van der Waals surface area contributed by atoms with E-state index in [1.807, 2.05) is 13.2 Å². The molecule has 54 valence electrons. The van der Waals surface area contributed by atoms with E-state index in [9.17, 15) is 0 Å². The lowest BCUT2D eigenvalue weighted by Crippen LogP contribution is -2.21. The third kappa shape index (κ3) is 7.85. The molecule has 0 aliphatic rings. The van der Waals surface area contributed by atoms with Crippen LogP contribution < -0.4 is 10.0 Å². The summed E-state index contributed by atoms with van der Waals surface area (Å²) in [6.45, 7) is 7.60. The van der Waals surface area contributed by atoms with Gasteiger partial charge >= 0.3 is 0 Å². The number of rotatable bonds is 5. The van der Waals surface area contributed by atoms with E-state index in [1.165, 1.54) is 0 Å². The van der Waals surface area contributed by atoms with Crippen LogP contribution >= 0.6 is 11.9 Å². The Kier molecular flexibility index (Phi) is 5.88. The highest BCUT2D eigenvalue weighted by molar-refractivity contribution is 7.96. The molecule has 0 saturated heterocycles. The monoisotopic (exact) mass is 146 g/mol. The van der Waals surface area contributed by atoms with Gasteiger partial charge in [-0.05, 0) is 13.2 Å². The lowest BCUT2D eigenvalue weighted by atomic mass is 10.5. The molecule has 0 atom stereocenters. The highest BCUT2D eigenvalue weighted by Gasteiger charge is 1.82. The molecule has 2 N–H and O–H groups in total. The van der Waals surface area contributed by atoms with Gasteiger partial charge in [0, 0.05) is 18.8 Å². The summed E-state index contributed by atoms with van der Waals surface area (Å²) in [5.74, 6) is 0. The van der Waals surface area contributed by atoms with Crippen LogP contribution in [0.15, 0.2) is 12.3 Å². The topological polar surface area (TPSA) is 24.1 Å². The van der Waals surface area contributed by atoms with Gasteiger partial charge < -0.3 is 5.32 Å². The average molecular weight is 146 g/mol. The Morgan fingerprint density at radius 1 is 1.56 bits per heavy atom. The lowest BCUT2D eigenvalue weighted by molar-refractivity contribution is 0.777. The third-order valence-electron chi connectivity index (χ3n) is 0.798. The number of hydrogen-bond acceptors (Lipinski definition) is 3. The quantitative estimate of drug-likeness (QED) is 0.446. The molecule has 0 heterocycles. The molecular weight excluding hydrogens is 132 g/mol. The number of allylic oxidation sites excluding steroid dienone is 1. The molecule has 0 saturated carbocycles. The summed E-state index contributed by atoms with van der Waals surface area (Å²) >= 11 is 1.63. The second-order valence-electron chi connectivity index (χ2n) is 1.81. The van der Waals surface area contributed by atoms with Crippen molar-refractivity contribution >= 4 is 11.9 Å². The highest BCUT2D eigenvalue weighted by atomic mass is 32.2. The van der Waals surface area contributed by atoms with E-state index >= 15 is 0 Å². The first-order chi connectivity index (χ1) is 4.27. The summed E-state index contributed by atoms with van der Waals surface area (Å²) in [7, 11) is 0. The molecule has 0 bridgehead atoms. The van der Waals surface area contributed by atoms with E-state index in [4.69, 9.17) is 0 Å². The van der Waals surface area contributed by atoms with E-state index in [1.54, 1.807) is 11.9 Å². The summed E-state index contributed by atoms with van der Waals surface area (Å²) < 4.78 is 3.12. The van der Waals surface area contributed by atoms with Gasteiger partial charge in [0.05, 0.1) is 0 Å². The molecule has 0 aliphatic heterocycles. The third-order valence-corrected chi connectivity index (χ3v) is 1.29. The second-order valence-corrected chi connectivity index (χ2v) is 2.50. The predicted molar refractivity (Wildman–Crippen MR) is 44.3 cm³/mol. The zero-order chi connectivity index (χ0) is 7.11. The van der Waals surface area contributed by atoms with Crippen molar-refractivity contribution < 1.29 is 0 Å². The minimum absolute atomic E-state index is 0.955. The molecule has 2 nitrogen and oxygen atoms in total. The van der Waals surface area contributed by atoms with Crippen LogP contribution in [0.5, 0.6) is 0 Å². The molecule has 0 aromatic rings. The molecule has 0 amide bonds. The average Bonchev–Trinajstić information content (AvgIpc) is 1.80. The van der Waals surface area contributed by atoms with Crippen molar-refractivity contribution in [3.05, 3.63) is 12.3 Å². The van der Waals surface area contributed by atoms with Crippen LogP contribution in [0.2, 0.25) is 0 Å². The van der Waals surface area contributed by atoms with Crippen molar-refractivity contribution in [3.63, 3.8) is 0 Å². The molecule has 0 unspecified atom stereocenters. The van der Waals surface area contributed by atoms with Crippen LogP contribution in [0.1, 0.15) is 6.92 Å². The highest BCUT2D eigenvalue weighted by Crippen LogP contribution is 1.79. The van der Waals surface area contributed by atoms with E-state index < -0.39 is 0 Å².